The molecule has 1 aromatic carbocycles. The Bertz CT molecular complexity index is 557. The molecule has 94 valence electrons. The van der Waals surface area contributed by atoms with Gasteiger partial charge < -0.3 is 5.32 Å². The first-order valence-corrected chi connectivity index (χ1v) is 7.19. The molecule has 18 heavy (non-hydrogen) atoms. The van der Waals surface area contributed by atoms with E-state index in [1.165, 1.54) is 17.1 Å². The molecule has 0 amide bonds. The van der Waals surface area contributed by atoms with Crippen LogP contribution in [0.1, 0.15) is 24.6 Å². The number of halogens is 1. The average Bonchev–Trinajstić information content (AvgIpc) is 2.95. The third-order valence-electron chi connectivity index (χ3n) is 3.29. The molecule has 2 aromatic rings. The molecule has 1 N–H and O–H groups in total. The summed E-state index contributed by atoms with van der Waals surface area (Å²) in [5, 5.41) is 8.21. The molecule has 3 nitrogen and oxygen atoms in total. The van der Waals surface area contributed by atoms with Gasteiger partial charge in [0.1, 0.15) is 5.82 Å². The number of aromatic nitrogens is 2. The molecule has 2 heterocycles. The van der Waals surface area contributed by atoms with Crippen LogP contribution in [0.3, 0.4) is 0 Å². The molecule has 3 rings (SSSR count). The molecule has 1 aliphatic rings. The van der Waals surface area contributed by atoms with Crippen LogP contribution in [0.15, 0.2) is 28.7 Å². The summed E-state index contributed by atoms with van der Waals surface area (Å²) in [6, 6.07) is 8.29. The van der Waals surface area contributed by atoms with E-state index in [0.29, 0.717) is 0 Å². The number of nitrogens with zero attached hydrogens (tertiary/aromatic N) is 2. The summed E-state index contributed by atoms with van der Waals surface area (Å²) in [5.74, 6) is 1.18. The predicted octanol–water partition coefficient (Wildman–Crippen LogP) is 3.56. The van der Waals surface area contributed by atoms with Gasteiger partial charge in [-0.3, -0.25) is 0 Å². The minimum atomic E-state index is 1.03. The van der Waals surface area contributed by atoms with Gasteiger partial charge in [0.2, 0.25) is 0 Å². The molecular formula is C14H16BrN3. The second kappa shape index (κ2) is 4.76. The Hall–Kier alpha value is -1.29. The third-order valence-corrected chi connectivity index (χ3v) is 3.82. The molecule has 0 radical (unpaired) electrons. The van der Waals surface area contributed by atoms with Crippen molar-refractivity contribution in [1.82, 2.24) is 9.78 Å². The lowest BCUT2D eigenvalue weighted by Crippen LogP contribution is -2.04. The van der Waals surface area contributed by atoms with Crippen molar-refractivity contribution in [2.75, 3.05) is 11.9 Å². The van der Waals surface area contributed by atoms with Crippen LogP contribution in [0.4, 0.5) is 5.82 Å². The van der Waals surface area contributed by atoms with E-state index in [1.807, 2.05) is 4.68 Å². The summed E-state index contributed by atoms with van der Waals surface area (Å²) in [5.41, 5.74) is 3.77. The highest BCUT2D eigenvalue weighted by molar-refractivity contribution is 9.10. The maximum atomic E-state index is 4.76. The van der Waals surface area contributed by atoms with E-state index in [1.54, 1.807) is 0 Å². The van der Waals surface area contributed by atoms with E-state index in [-0.39, 0.29) is 0 Å². The number of aryl methyl sites for hydroxylation is 1. The minimum absolute atomic E-state index is 1.03. The maximum absolute atomic E-state index is 4.76. The number of nitrogens with one attached hydrogen (secondary N) is 1. The maximum Gasteiger partial charge on any atom is 0.133 e. The van der Waals surface area contributed by atoms with Crippen LogP contribution < -0.4 is 5.32 Å². The number of hydrogen-bond donors (Lipinski definition) is 1. The van der Waals surface area contributed by atoms with Gasteiger partial charge in [-0.15, -0.1) is 0 Å². The lowest BCUT2D eigenvalue weighted by Gasteiger charge is -2.06. The van der Waals surface area contributed by atoms with Crippen molar-refractivity contribution in [1.29, 1.82) is 0 Å². The van der Waals surface area contributed by atoms with Gasteiger partial charge in [-0.25, -0.2) is 4.68 Å². The predicted molar refractivity (Wildman–Crippen MR) is 77.5 cm³/mol. The van der Waals surface area contributed by atoms with Crippen LogP contribution in [0.5, 0.6) is 0 Å². The van der Waals surface area contributed by atoms with E-state index in [4.69, 9.17) is 5.10 Å². The molecule has 0 unspecified atom stereocenters. The average molecular weight is 306 g/mol. The standard InChI is InChI=1S/C14H16BrN3/c1-2-3-13-12-8-9-16-14(12)18(17-13)11-6-4-10(15)5-7-11/h4-7,16H,2-3,8-9H2,1H3. The van der Waals surface area contributed by atoms with Crippen molar-refractivity contribution in [3.05, 3.63) is 40.0 Å². The molecule has 1 aromatic heterocycles. The van der Waals surface area contributed by atoms with Crippen molar-refractivity contribution in [2.24, 2.45) is 0 Å². The zero-order chi connectivity index (χ0) is 12.5. The van der Waals surface area contributed by atoms with E-state index >= 15 is 0 Å². The molecule has 0 saturated carbocycles. The molecule has 0 spiro atoms. The van der Waals surface area contributed by atoms with Crippen molar-refractivity contribution >= 4 is 21.7 Å². The lowest BCUT2D eigenvalue weighted by atomic mass is 10.1. The van der Waals surface area contributed by atoms with Gasteiger partial charge in [-0.2, -0.15) is 5.10 Å². The highest BCUT2D eigenvalue weighted by Gasteiger charge is 2.22. The molecule has 0 saturated heterocycles. The summed E-state index contributed by atoms with van der Waals surface area (Å²) < 4.78 is 3.14. The van der Waals surface area contributed by atoms with Crippen LogP contribution in [0.25, 0.3) is 5.69 Å². The number of anilines is 1. The van der Waals surface area contributed by atoms with Gasteiger partial charge >= 0.3 is 0 Å². The Morgan fingerprint density at radius 2 is 2.11 bits per heavy atom. The zero-order valence-electron chi connectivity index (χ0n) is 10.4. The van der Waals surface area contributed by atoms with Gasteiger partial charge in [0.25, 0.3) is 0 Å². The van der Waals surface area contributed by atoms with E-state index < -0.39 is 0 Å². The number of rotatable bonds is 3. The third kappa shape index (κ3) is 1.94. The lowest BCUT2D eigenvalue weighted by molar-refractivity contribution is 0.796. The fraction of sp³-hybridized carbons (Fsp3) is 0.357. The van der Waals surface area contributed by atoms with Crippen LogP contribution >= 0.6 is 15.9 Å². The Morgan fingerprint density at radius 3 is 2.83 bits per heavy atom. The number of benzene rings is 1. The molecule has 0 bridgehead atoms. The van der Waals surface area contributed by atoms with Gasteiger partial charge in [0.15, 0.2) is 0 Å². The Kier molecular flexibility index (Phi) is 3.12. The zero-order valence-corrected chi connectivity index (χ0v) is 12.0. The molecular weight excluding hydrogens is 290 g/mol. The summed E-state index contributed by atoms with van der Waals surface area (Å²) in [6.07, 6.45) is 3.30. The van der Waals surface area contributed by atoms with Gasteiger partial charge in [-0.05, 0) is 37.1 Å². The monoisotopic (exact) mass is 305 g/mol. The highest BCUT2D eigenvalue weighted by atomic mass is 79.9. The van der Waals surface area contributed by atoms with E-state index in [0.717, 1.165) is 36.0 Å². The van der Waals surface area contributed by atoms with Crippen LogP contribution in [-0.4, -0.2) is 16.3 Å². The van der Waals surface area contributed by atoms with Gasteiger partial charge in [0, 0.05) is 16.6 Å². The quantitative estimate of drug-likeness (QED) is 0.940. The summed E-state index contributed by atoms with van der Waals surface area (Å²) in [7, 11) is 0. The number of fused-ring (bicyclic) bond motifs is 1. The van der Waals surface area contributed by atoms with Crippen molar-refractivity contribution < 1.29 is 0 Å². The minimum Gasteiger partial charge on any atom is -0.369 e. The smallest absolute Gasteiger partial charge is 0.133 e. The molecule has 0 atom stereocenters. The van der Waals surface area contributed by atoms with Crippen LogP contribution in [-0.2, 0) is 12.8 Å². The summed E-state index contributed by atoms with van der Waals surface area (Å²) in [6.45, 7) is 3.23. The van der Waals surface area contributed by atoms with Gasteiger partial charge in [0.05, 0.1) is 11.4 Å². The van der Waals surface area contributed by atoms with Crippen LogP contribution in [0, 0.1) is 0 Å². The van der Waals surface area contributed by atoms with Gasteiger partial charge in [-0.1, -0.05) is 29.3 Å². The topological polar surface area (TPSA) is 29.9 Å². The molecule has 1 aliphatic heterocycles. The first-order chi connectivity index (χ1) is 8.79. The molecule has 4 heteroatoms. The number of hydrogen-bond acceptors (Lipinski definition) is 2. The van der Waals surface area contributed by atoms with E-state index in [9.17, 15) is 0 Å². The van der Waals surface area contributed by atoms with Crippen molar-refractivity contribution in [3.8, 4) is 5.69 Å². The first-order valence-electron chi connectivity index (χ1n) is 6.40. The SMILES string of the molecule is CCCc1nn(-c2ccc(Br)cc2)c2c1CCN2. The fourth-order valence-electron chi connectivity index (χ4n) is 2.45. The fourth-order valence-corrected chi connectivity index (χ4v) is 2.72. The van der Waals surface area contributed by atoms with Crippen LogP contribution in [0.2, 0.25) is 0 Å². The second-order valence-corrected chi connectivity index (χ2v) is 5.50. The van der Waals surface area contributed by atoms with E-state index in [2.05, 4.69) is 52.4 Å². The first kappa shape index (κ1) is 11.8. The summed E-state index contributed by atoms with van der Waals surface area (Å²) >= 11 is 3.47. The summed E-state index contributed by atoms with van der Waals surface area (Å²) in [4.78, 5) is 0. The molecule has 0 fully saturated rings. The normalized spacial score (nSPS) is 13.4. The van der Waals surface area contributed by atoms with Crippen molar-refractivity contribution in [3.63, 3.8) is 0 Å². The Morgan fingerprint density at radius 1 is 1.33 bits per heavy atom. The Labute approximate surface area is 115 Å². The largest absolute Gasteiger partial charge is 0.369 e. The highest BCUT2D eigenvalue weighted by Crippen LogP contribution is 2.29. The molecule has 0 aliphatic carbocycles. The second-order valence-electron chi connectivity index (χ2n) is 4.59. The van der Waals surface area contributed by atoms with Crippen molar-refractivity contribution in [2.45, 2.75) is 26.2 Å². The Balaban J connectivity index is 2.07.